The maximum absolute atomic E-state index is 13.1. The normalized spacial score (nSPS) is 12.3. The van der Waals surface area contributed by atoms with E-state index in [-0.39, 0.29) is 11.8 Å². The van der Waals surface area contributed by atoms with Crippen LogP contribution in [0.3, 0.4) is 0 Å². The number of nitrogens with zero attached hydrogens (tertiary/aromatic N) is 2. The molecule has 8 heteroatoms. The van der Waals surface area contributed by atoms with E-state index >= 15 is 0 Å². The van der Waals surface area contributed by atoms with Crippen molar-refractivity contribution in [2.45, 2.75) is 39.5 Å². The van der Waals surface area contributed by atoms with Crippen molar-refractivity contribution in [2.75, 3.05) is 0 Å². The van der Waals surface area contributed by atoms with Crippen molar-refractivity contribution in [3.8, 4) is 22.5 Å². The molecule has 8 nitrogen and oxygen atoms in total. The van der Waals surface area contributed by atoms with E-state index in [1.165, 1.54) is 0 Å². The summed E-state index contributed by atoms with van der Waals surface area (Å²) in [5, 5.41) is 1.81. The molecule has 6 rings (SSSR count). The number of hydrogen-bond acceptors (Lipinski definition) is 6. The van der Waals surface area contributed by atoms with E-state index in [9.17, 15) is 9.59 Å². The summed E-state index contributed by atoms with van der Waals surface area (Å²) in [5.41, 5.74) is 2.54. The van der Waals surface area contributed by atoms with E-state index in [4.69, 9.17) is 8.83 Å². The van der Waals surface area contributed by atoms with Gasteiger partial charge in [-0.2, -0.15) is 0 Å². The van der Waals surface area contributed by atoms with Crippen molar-refractivity contribution < 1.29 is 8.83 Å². The average molecular weight is 454 g/mol. The molecule has 4 heterocycles. The first-order valence-electron chi connectivity index (χ1n) is 11.2. The van der Waals surface area contributed by atoms with Gasteiger partial charge in [0.1, 0.15) is 22.8 Å². The SMILES string of the molecule is CC(C)c1ncc(-c2cc3oc(=O)c4cc(-c5cnc(C(C)C)[nH]5)cc5c(=O)oc(c2)c3c45)[nH]1. The van der Waals surface area contributed by atoms with Crippen molar-refractivity contribution >= 4 is 32.7 Å². The molecule has 0 radical (unpaired) electrons. The van der Waals surface area contributed by atoms with Crippen molar-refractivity contribution in [1.29, 1.82) is 0 Å². The summed E-state index contributed by atoms with van der Waals surface area (Å²) in [6.45, 7) is 8.16. The van der Waals surface area contributed by atoms with Gasteiger partial charge in [-0.05, 0) is 24.3 Å². The third-order valence-electron chi connectivity index (χ3n) is 6.21. The summed E-state index contributed by atoms with van der Waals surface area (Å²) in [7, 11) is 0. The predicted octanol–water partition coefficient (Wildman–Crippen LogP) is 5.52. The fourth-order valence-corrected chi connectivity index (χ4v) is 4.40. The number of aromatic amines is 2. The molecule has 4 aromatic heterocycles. The Bertz CT molecular complexity index is 1740. The van der Waals surface area contributed by atoms with Gasteiger partial charge in [-0.15, -0.1) is 0 Å². The second kappa shape index (κ2) is 7.15. The molecule has 0 amide bonds. The Kier molecular flexibility index (Phi) is 4.29. The van der Waals surface area contributed by atoms with E-state index in [0.29, 0.717) is 38.3 Å². The molecule has 0 saturated heterocycles. The molecule has 0 atom stereocenters. The molecule has 0 fully saturated rings. The second-order valence-electron chi connectivity index (χ2n) is 9.25. The predicted molar refractivity (Wildman–Crippen MR) is 131 cm³/mol. The Labute approximate surface area is 193 Å². The molecule has 2 aromatic carbocycles. The van der Waals surface area contributed by atoms with Gasteiger partial charge in [0.2, 0.25) is 0 Å². The van der Waals surface area contributed by atoms with Gasteiger partial charge in [0.25, 0.3) is 0 Å². The molecule has 0 unspecified atom stereocenters. The van der Waals surface area contributed by atoms with Crippen LogP contribution in [0.15, 0.2) is 55.1 Å². The van der Waals surface area contributed by atoms with Crippen LogP contribution in [-0.4, -0.2) is 19.9 Å². The monoisotopic (exact) mass is 454 g/mol. The van der Waals surface area contributed by atoms with Crippen LogP contribution in [0.25, 0.3) is 55.2 Å². The molecular weight excluding hydrogens is 432 g/mol. The van der Waals surface area contributed by atoms with Gasteiger partial charge in [-0.25, -0.2) is 19.6 Å². The zero-order valence-corrected chi connectivity index (χ0v) is 19.1. The van der Waals surface area contributed by atoms with Crippen LogP contribution < -0.4 is 11.3 Å². The number of hydrogen-bond donors (Lipinski definition) is 2. The van der Waals surface area contributed by atoms with Crippen LogP contribution in [0.2, 0.25) is 0 Å². The first-order chi connectivity index (χ1) is 16.3. The summed E-state index contributed by atoms with van der Waals surface area (Å²) in [4.78, 5) is 41.5. The van der Waals surface area contributed by atoms with Crippen LogP contribution >= 0.6 is 0 Å². The number of rotatable bonds is 4. The molecule has 0 aliphatic rings. The highest BCUT2D eigenvalue weighted by Crippen LogP contribution is 2.36. The van der Waals surface area contributed by atoms with Crippen LogP contribution in [-0.2, 0) is 0 Å². The minimum Gasteiger partial charge on any atom is -0.422 e. The molecule has 0 aliphatic carbocycles. The standard InChI is InChI=1S/C26H22N4O4/c1-11(2)23-27-9-17(29-23)13-5-15-21-16(6-13)26(32)34-20-8-14(7-19(22(20)21)33-25(15)31)18-10-28-24(30-18)12(3)4/h5-12H,1-4H3,(H,27,29)(H,28,30). The van der Waals surface area contributed by atoms with Gasteiger partial charge >= 0.3 is 11.3 Å². The minimum absolute atomic E-state index is 0.217. The number of aromatic nitrogens is 4. The third-order valence-corrected chi connectivity index (χ3v) is 6.21. The first-order valence-corrected chi connectivity index (χ1v) is 11.2. The van der Waals surface area contributed by atoms with Crippen LogP contribution in [0.1, 0.15) is 51.2 Å². The Morgan fingerprint density at radius 1 is 0.676 bits per heavy atom. The molecule has 6 aromatic rings. The largest absolute Gasteiger partial charge is 0.422 e. The summed E-state index contributed by atoms with van der Waals surface area (Å²) in [6, 6.07) is 7.03. The third kappa shape index (κ3) is 2.98. The van der Waals surface area contributed by atoms with Crippen molar-refractivity contribution in [3.63, 3.8) is 0 Å². The summed E-state index contributed by atoms with van der Waals surface area (Å²) >= 11 is 0. The smallest absolute Gasteiger partial charge is 0.344 e. The molecular formula is C26H22N4O4. The molecule has 0 bridgehead atoms. The van der Waals surface area contributed by atoms with Crippen molar-refractivity contribution in [2.24, 2.45) is 0 Å². The number of nitrogens with one attached hydrogen (secondary N) is 2. The van der Waals surface area contributed by atoms with Crippen LogP contribution in [0.4, 0.5) is 0 Å². The van der Waals surface area contributed by atoms with Crippen molar-refractivity contribution in [1.82, 2.24) is 19.9 Å². The van der Waals surface area contributed by atoms with Crippen LogP contribution in [0.5, 0.6) is 0 Å². The quantitative estimate of drug-likeness (QED) is 0.268. The highest BCUT2D eigenvalue weighted by Gasteiger charge is 2.21. The van der Waals surface area contributed by atoms with Crippen LogP contribution in [0, 0.1) is 0 Å². The summed E-state index contributed by atoms with van der Waals surface area (Å²) in [6.07, 6.45) is 3.42. The first kappa shape index (κ1) is 20.4. The Balaban J connectivity index is 1.63. The lowest BCUT2D eigenvalue weighted by atomic mass is 9.98. The second-order valence-corrected chi connectivity index (χ2v) is 9.25. The van der Waals surface area contributed by atoms with E-state index in [0.717, 1.165) is 28.6 Å². The van der Waals surface area contributed by atoms with Gasteiger partial charge in [-0.3, -0.25) is 0 Å². The summed E-state index contributed by atoms with van der Waals surface area (Å²) in [5.74, 6) is 2.12. The maximum atomic E-state index is 13.1. The maximum Gasteiger partial charge on any atom is 0.344 e. The highest BCUT2D eigenvalue weighted by molar-refractivity contribution is 6.20. The molecule has 170 valence electrons. The Hall–Kier alpha value is -4.20. The van der Waals surface area contributed by atoms with Gasteiger partial charge in [0, 0.05) is 28.3 Å². The average Bonchev–Trinajstić information content (AvgIpc) is 3.48. The Morgan fingerprint density at radius 3 is 1.53 bits per heavy atom. The lowest BCUT2D eigenvalue weighted by Crippen LogP contribution is -2.07. The highest BCUT2D eigenvalue weighted by atomic mass is 16.4. The van der Waals surface area contributed by atoms with E-state index < -0.39 is 11.3 Å². The zero-order valence-electron chi connectivity index (χ0n) is 19.1. The van der Waals surface area contributed by atoms with Gasteiger partial charge < -0.3 is 18.8 Å². The van der Waals surface area contributed by atoms with E-state index in [1.807, 2.05) is 27.7 Å². The lowest BCUT2D eigenvalue weighted by molar-refractivity contribution is 0.557. The van der Waals surface area contributed by atoms with Gasteiger partial charge in [0.15, 0.2) is 0 Å². The molecule has 0 aliphatic heterocycles. The number of H-pyrrole nitrogens is 2. The molecule has 0 saturated carbocycles. The van der Waals surface area contributed by atoms with Crippen molar-refractivity contribution in [3.05, 3.63) is 69.1 Å². The summed E-state index contributed by atoms with van der Waals surface area (Å²) < 4.78 is 11.4. The molecule has 34 heavy (non-hydrogen) atoms. The number of imidazole rings is 2. The molecule has 2 N–H and O–H groups in total. The number of benzene rings is 2. The van der Waals surface area contributed by atoms with Gasteiger partial charge in [0.05, 0.1) is 39.9 Å². The fraction of sp³-hybridized carbons (Fsp3) is 0.231. The topological polar surface area (TPSA) is 118 Å². The fourth-order valence-electron chi connectivity index (χ4n) is 4.40. The molecule has 0 spiro atoms. The zero-order chi connectivity index (χ0) is 23.7. The lowest BCUT2D eigenvalue weighted by Gasteiger charge is -2.10. The minimum atomic E-state index is -0.514. The Morgan fingerprint density at radius 2 is 1.12 bits per heavy atom. The van der Waals surface area contributed by atoms with E-state index in [2.05, 4.69) is 19.9 Å². The van der Waals surface area contributed by atoms with E-state index in [1.54, 1.807) is 36.7 Å². The van der Waals surface area contributed by atoms with Gasteiger partial charge in [-0.1, -0.05) is 27.7 Å².